The molecule has 0 spiro atoms. The number of aliphatic carboxylic acids is 1. The van der Waals surface area contributed by atoms with Gasteiger partial charge in [0.15, 0.2) is 0 Å². The van der Waals surface area contributed by atoms with Gasteiger partial charge in [0.25, 0.3) is 0 Å². The van der Waals surface area contributed by atoms with Crippen LogP contribution in [0.15, 0.2) is 48.7 Å². The van der Waals surface area contributed by atoms with E-state index >= 15 is 0 Å². The van der Waals surface area contributed by atoms with Crippen LogP contribution >= 0.6 is 0 Å². The number of carboxylic acids is 1. The van der Waals surface area contributed by atoms with Crippen molar-refractivity contribution >= 4 is 5.97 Å². The number of likely N-dealkylation sites (tertiary alicyclic amines) is 1. The molecule has 1 saturated carbocycles. The van der Waals surface area contributed by atoms with Gasteiger partial charge < -0.3 is 14.6 Å². The van der Waals surface area contributed by atoms with E-state index in [0.717, 1.165) is 60.2 Å². The number of nitrogens with zero attached hydrogens (tertiary/aromatic N) is 2. The molecule has 1 saturated heterocycles. The summed E-state index contributed by atoms with van der Waals surface area (Å²) in [5.74, 6) is 0.0841. The van der Waals surface area contributed by atoms with Crippen LogP contribution < -0.4 is 9.47 Å². The summed E-state index contributed by atoms with van der Waals surface area (Å²) in [6.07, 6.45) is 7.30. The lowest BCUT2D eigenvalue weighted by atomic mass is 9.82. The van der Waals surface area contributed by atoms with Gasteiger partial charge in [-0.15, -0.1) is 0 Å². The Bertz CT molecular complexity index is 1460. The first-order chi connectivity index (χ1) is 20.2. The van der Waals surface area contributed by atoms with Crippen molar-refractivity contribution in [2.75, 3.05) is 7.11 Å². The molecular weight excluding hydrogens is 531 g/mol. The Balaban J connectivity index is 1.35. The second-order valence-corrected chi connectivity index (χ2v) is 12.6. The first-order valence-corrected chi connectivity index (χ1v) is 15.3. The van der Waals surface area contributed by atoms with Crippen molar-refractivity contribution in [2.45, 2.75) is 89.9 Å². The molecule has 6 nitrogen and oxygen atoms in total. The summed E-state index contributed by atoms with van der Waals surface area (Å²) in [5, 5.41) is 9.79. The lowest BCUT2D eigenvalue weighted by Crippen LogP contribution is -2.32. The van der Waals surface area contributed by atoms with Gasteiger partial charge in [-0.05, 0) is 104 Å². The minimum Gasteiger partial charge on any atom is -0.485 e. The molecule has 0 amide bonds. The van der Waals surface area contributed by atoms with Crippen molar-refractivity contribution < 1.29 is 23.8 Å². The number of rotatable bonds is 9. The van der Waals surface area contributed by atoms with E-state index in [9.17, 15) is 14.3 Å². The minimum absolute atomic E-state index is 0.00277. The quantitative estimate of drug-likeness (QED) is 0.285. The van der Waals surface area contributed by atoms with Crippen LogP contribution in [-0.4, -0.2) is 40.2 Å². The predicted molar refractivity (Wildman–Crippen MR) is 160 cm³/mol. The van der Waals surface area contributed by atoms with Gasteiger partial charge in [0.2, 0.25) is 5.88 Å². The van der Waals surface area contributed by atoms with Gasteiger partial charge in [0.05, 0.1) is 19.2 Å². The zero-order chi connectivity index (χ0) is 29.5. The van der Waals surface area contributed by atoms with Crippen LogP contribution in [-0.2, 0) is 17.8 Å². The monoisotopic (exact) mass is 572 g/mol. The van der Waals surface area contributed by atoms with E-state index < -0.39 is 11.9 Å². The van der Waals surface area contributed by atoms with Crippen LogP contribution in [0, 0.1) is 17.7 Å². The molecular formula is C35H41FN2O4. The molecule has 2 aromatic carbocycles. The Labute approximate surface area is 247 Å². The number of carboxylic acid groups (broad SMARTS) is 1. The first kappa shape index (κ1) is 28.7. The van der Waals surface area contributed by atoms with E-state index in [2.05, 4.69) is 54.1 Å². The molecule has 3 aliphatic rings. The second-order valence-electron chi connectivity index (χ2n) is 12.6. The third kappa shape index (κ3) is 5.63. The van der Waals surface area contributed by atoms with Crippen molar-refractivity contribution in [3.8, 4) is 22.8 Å². The molecule has 0 bridgehead atoms. The first-order valence-electron chi connectivity index (χ1n) is 15.3. The molecule has 3 heterocycles. The lowest BCUT2D eigenvalue weighted by Gasteiger charge is -2.32. The van der Waals surface area contributed by atoms with E-state index in [1.807, 2.05) is 13.0 Å². The van der Waals surface area contributed by atoms with Gasteiger partial charge in [-0.3, -0.25) is 9.69 Å². The van der Waals surface area contributed by atoms with Crippen molar-refractivity contribution in [3.05, 3.63) is 76.7 Å². The Kier molecular flexibility index (Phi) is 7.97. The summed E-state index contributed by atoms with van der Waals surface area (Å²) in [5.41, 5.74) is 5.75. The molecule has 0 radical (unpaired) electrons. The maximum absolute atomic E-state index is 15.0. The molecule has 3 aromatic rings. The van der Waals surface area contributed by atoms with Crippen LogP contribution in [0.2, 0.25) is 0 Å². The van der Waals surface area contributed by atoms with Crippen LogP contribution in [0.3, 0.4) is 0 Å². The van der Waals surface area contributed by atoms with E-state index in [1.54, 1.807) is 6.07 Å². The van der Waals surface area contributed by atoms with E-state index in [1.165, 1.54) is 31.7 Å². The van der Waals surface area contributed by atoms with Gasteiger partial charge in [-0.2, -0.15) is 0 Å². The van der Waals surface area contributed by atoms with Gasteiger partial charge >= 0.3 is 5.97 Å². The number of hydrogen-bond acceptors (Lipinski definition) is 5. The van der Waals surface area contributed by atoms with Gasteiger partial charge in [-0.25, -0.2) is 9.37 Å². The molecule has 5 atom stereocenters. The predicted octanol–water partition coefficient (Wildman–Crippen LogP) is 7.55. The van der Waals surface area contributed by atoms with Crippen LogP contribution in [0.5, 0.6) is 11.6 Å². The third-order valence-electron chi connectivity index (χ3n) is 9.81. The average molecular weight is 573 g/mol. The highest BCUT2D eigenvalue weighted by Gasteiger charge is 2.39. The second kappa shape index (κ2) is 11.7. The smallest absolute Gasteiger partial charge is 0.306 e. The molecule has 1 aliphatic carbocycles. The molecule has 6 rings (SSSR count). The van der Waals surface area contributed by atoms with E-state index in [4.69, 9.17) is 9.47 Å². The fourth-order valence-electron chi connectivity index (χ4n) is 7.12. The highest BCUT2D eigenvalue weighted by atomic mass is 19.1. The number of aromatic nitrogens is 1. The summed E-state index contributed by atoms with van der Waals surface area (Å²) in [4.78, 5) is 18.5. The van der Waals surface area contributed by atoms with Gasteiger partial charge in [0.1, 0.15) is 17.7 Å². The molecule has 1 aromatic heterocycles. The Hall–Kier alpha value is -3.45. The SMILES string of the molecule is COc1cc(-c2ccc(C3CCc4ccc(C(C5CC5)[C@H](C)C(=O)O)cc4O3)c(CN3[C@H](C)CC[C@H]3C)c2)c(F)cn1. The van der Waals surface area contributed by atoms with Crippen molar-refractivity contribution in [2.24, 2.45) is 11.8 Å². The highest BCUT2D eigenvalue weighted by Crippen LogP contribution is 2.48. The zero-order valence-corrected chi connectivity index (χ0v) is 25.0. The Morgan fingerprint density at radius 3 is 2.55 bits per heavy atom. The molecule has 7 heteroatoms. The number of halogens is 1. The maximum Gasteiger partial charge on any atom is 0.306 e. The van der Waals surface area contributed by atoms with Crippen LogP contribution in [0.1, 0.15) is 87.2 Å². The van der Waals surface area contributed by atoms with Crippen LogP contribution in [0.25, 0.3) is 11.1 Å². The largest absolute Gasteiger partial charge is 0.485 e. The van der Waals surface area contributed by atoms with E-state index in [-0.39, 0.29) is 17.8 Å². The number of pyridine rings is 1. The molecule has 1 N–H and O–H groups in total. The summed E-state index contributed by atoms with van der Waals surface area (Å²) in [7, 11) is 1.54. The number of hydrogen-bond donors (Lipinski definition) is 1. The molecule has 222 valence electrons. The Morgan fingerprint density at radius 2 is 1.86 bits per heavy atom. The van der Waals surface area contributed by atoms with Crippen molar-refractivity contribution in [1.82, 2.24) is 9.88 Å². The summed E-state index contributed by atoms with van der Waals surface area (Å²) < 4.78 is 27.0. The van der Waals surface area contributed by atoms with Crippen molar-refractivity contribution in [1.29, 1.82) is 0 Å². The summed E-state index contributed by atoms with van der Waals surface area (Å²) >= 11 is 0. The standard InChI is InChI=1S/C35H41FN2O4/c1-20-5-6-21(2)38(20)19-27-15-25(29-17-33(41-4)37-18-30(29)36)11-13-28(27)31-14-12-23-7-10-26(16-32(23)42-31)34(24-8-9-24)22(3)35(39)40/h7,10-11,13,15-18,20-22,24,31,34H,5-6,8-9,12,14,19H2,1-4H3,(H,39,40)/t20-,21-,22+,31?,34?/m1/s1. The average Bonchev–Trinajstić information content (AvgIpc) is 3.78. The normalized spacial score (nSPS) is 23.6. The molecule has 42 heavy (non-hydrogen) atoms. The lowest BCUT2D eigenvalue weighted by molar-refractivity contribution is -0.142. The topological polar surface area (TPSA) is 71.9 Å². The zero-order valence-electron chi connectivity index (χ0n) is 25.0. The third-order valence-corrected chi connectivity index (χ3v) is 9.81. The van der Waals surface area contributed by atoms with Gasteiger partial charge in [-0.1, -0.05) is 31.2 Å². The Morgan fingerprint density at radius 1 is 1.10 bits per heavy atom. The number of methoxy groups -OCH3 is 1. The summed E-state index contributed by atoms with van der Waals surface area (Å²) in [6.45, 7) is 7.15. The van der Waals surface area contributed by atoms with Gasteiger partial charge in [0, 0.05) is 30.3 Å². The minimum atomic E-state index is -0.748. The number of ether oxygens (including phenoxy) is 2. The molecule has 2 fully saturated rings. The number of fused-ring (bicyclic) bond motifs is 1. The summed E-state index contributed by atoms with van der Waals surface area (Å²) in [6, 6.07) is 15.1. The number of benzene rings is 2. The maximum atomic E-state index is 15.0. The molecule has 2 unspecified atom stereocenters. The number of aryl methyl sites for hydroxylation is 1. The fraction of sp³-hybridized carbons (Fsp3) is 0.486. The van der Waals surface area contributed by atoms with Crippen LogP contribution in [0.4, 0.5) is 4.39 Å². The number of carbonyl (C=O) groups is 1. The van der Waals surface area contributed by atoms with Crippen molar-refractivity contribution in [3.63, 3.8) is 0 Å². The fourth-order valence-corrected chi connectivity index (χ4v) is 7.12. The molecule has 2 aliphatic heterocycles. The van der Waals surface area contributed by atoms with E-state index in [0.29, 0.717) is 29.4 Å². The highest BCUT2D eigenvalue weighted by molar-refractivity contribution is 5.71.